The van der Waals surface area contributed by atoms with E-state index in [4.69, 9.17) is 4.74 Å². The Morgan fingerprint density at radius 2 is 2.29 bits per heavy atom. The minimum Gasteiger partial charge on any atom is -0.356 e. The first kappa shape index (κ1) is 11.2. The lowest BCUT2D eigenvalue weighted by atomic mass is 10.2. The number of rotatable bonds is 1. The molecule has 3 rings (SSSR count). The summed E-state index contributed by atoms with van der Waals surface area (Å²) in [6.07, 6.45) is 4.62. The molecule has 1 aliphatic heterocycles. The Kier molecular flexibility index (Phi) is 2.88. The van der Waals surface area contributed by atoms with E-state index in [1.54, 1.807) is 10.9 Å². The van der Waals surface area contributed by atoms with Crippen LogP contribution in [0.1, 0.15) is 25.5 Å². The first-order chi connectivity index (χ1) is 8.25. The van der Waals surface area contributed by atoms with E-state index in [9.17, 15) is 4.39 Å². The molecule has 1 aromatic heterocycles. The molecule has 90 valence electrons. The number of fused-ring (bicyclic) bond motifs is 1. The van der Waals surface area contributed by atoms with Gasteiger partial charge in [-0.1, -0.05) is 15.9 Å². The van der Waals surface area contributed by atoms with Gasteiger partial charge in [0.25, 0.3) is 0 Å². The fourth-order valence-electron chi connectivity index (χ4n) is 2.24. The van der Waals surface area contributed by atoms with Crippen LogP contribution in [0.2, 0.25) is 0 Å². The molecule has 1 unspecified atom stereocenters. The van der Waals surface area contributed by atoms with Gasteiger partial charge < -0.3 is 4.74 Å². The van der Waals surface area contributed by atoms with Gasteiger partial charge in [-0.05, 0) is 31.4 Å². The number of benzene rings is 1. The molecule has 3 nitrogen and oxygen atoms in total. The van der Waals surface area contributed by atoms with Gasteiger partial charge in [0.15, 0.2) is 6.23 Å². The monoisotopic (exact) mass is 298 g/mol. The minimum absolute atomic E-state index is 0.128. The first-order valence-electron chi connectivity index (χ1n) is 5.69. The molecule has 0 aliphatic carbocycles. The van der Waals surface area contributed by atoms with E-state index in [1.165, 1.54) is 6.07 Å². The SMILES string of the molecule is Fc1cc(Br)cc2cnn(C3CCCCO3)c12. The lowest BCUT2D eigenvalue weighted by molar-refractivity contribution is -0.0369. The van der Waals surface area contributed by atoms with Gasteiger partial charge in [0.05, 0.1) is 6.20 Å². The van der Waals surface area contributed by atoms with Crippen molar-refractivity contribution in [3.8, 4) is 0 Å². The number of halogens is 2. The summed E-state index contributed by atoms with van der Waals surface area (Å²) < 4.78 is 22.0. The van der Waals surface area contributed by atoms with Crippen molar-refractivity contribution in [3.63, 3.8) is 0 Å². The first-order valence-corrected chi connectivity index (χ1v) is 6.49. The maximum atomic E-state index is 13.9. The molecule has 1 aromatic carbocycles. The third-order valence-electron chi connectivity index (χ3n) is 3.04. The molecule has 0 radical (unpaired) electrons. The predicted molar refractivity (Wildman–Crippen MR) is 66.2 cm³/mol. The van der Waals surface area contributed by atoms with Gasteiger partial charge in [0, 0.05) is 16.5 Å². The van der Waals surface area contributed by atoms with Gasteiger partial charge in [0.1, 0.15) is 11.3 Å². The molecule has 5 heteroatoms. The third kappa shape index (κ3) is 1.98. The molecule has 2 heterocycles. The van der Waals surface area contributed by atoms with Crippen LogP contribution in [0.5, 0.6) is 0 Å². The van der Waals surface area contributed by atoms with E-state index in [0.29, 0.717) is 5.52 Å². The summed E-state index contributed by atoms with van der Waals surface area (Å²) in [6.45, 7) is 0.726. The zero-order chi connectivity index (χ0) is 11.8. The van der Waals surface area contributed by atoms with Gasteiger partial charge in [0.2, 0.25) is 0 Å². The third-order valence-corrected chi connectivity index (χ3v) is 3.49. The summed E-state index contributed by atoms with van der Waals surface area (Å²) in [7, 11) is 0. The number of ether oxygens (including phenoxy) is 1. The minimum atomic E-state index is -0.263. The number of nitrogens with zero attached hydrogens (tertiary/aromatic N) is 2. The van der Waals surface area contributed by atoms with Crippen LogP contribution in [0.25, 0.3) is 10.9 Å². The molecule has 0 saturated carbocycles. The number of hydrogen-bond acceptors (Lipinski definition) is 2. The van der Waals surface area contributed by atoms with Crippen molar-refractivity contribution in [2.75, 3.05) is 6.61 Å². The largest absolute Gasteiger partial charge is 0.356 e. The normalized spacial score (nSPS) is 20.9. The molecular formula is C12H12BrFN2O. The van der Waals surface area contributed by atoms with Gasteiger partial charge in [-0.2, -0.15) is 5.10 Å². The molecule has 0 bridgehead atoms. The highest BCUT2D eigenvalue weighted by molar-refractivity contribution is 9.10. The topological polar surface area (TPSA) is 27.1 Å². The van der Waals surface area contributed by atoms with E-state index >= 15 is 0 Å². The van der Waals surface area contributed by atoms with E-state index in [0.717, 1.165) is 35.7 Å². The van der Waals surface area contributed by atoms with Crippen molar-refractivity contribution in [1.82, 2.24) is 9.78 Å². The number of aromatic nitrogens is 2. The van der Waals surface area contributed by atoms with Gasteiger partial charge in [-0.15, -0.1) is 0 Å². The van der Waals surface area contributed by atoms with Gasteiger partial charge >= 0.3 is 0 Å². The van der Waals surface area contributed by atoms with Crippen molar-refractivity contribution in [3.05, 3.63) is 28.6 Å². The Hall–Kier alpha value is -0.940. The van der Waals surface area contributed by atoms with Crippen molar-refractivity contribution >= 4 is 26.8 Å². The summed E-state index contributed by atoms with van der Waals surface area (Å²) in [5.74, 6) is -0.263. The summed E-state index contributed by atoms with van der Waals surface area (Å²) in [6, 6.07) is 3.33. The zero-order valence-corrected chi connectivity index (χ0v) is 10.8. The van der Waals surface area contributed by atoms with Crippen LogP contribution in [0.3, 0.4) is 0 Å². The molecule has 1 saturated heterocycles. The van der Waals surface area contributed by atoms with Crippen molar-refractivity contribution < 1.29 is 9.13 Å². The van der Waals surface area contributed by atoms with E-state index in [1.807, 2.05) is 6.07 Å². The fourth-order valence-corrected chi connectivity index (χ4v) is 2.69. The van der Waals surface area contributed by atoms with Gasteiger partial charge in [-0.3, -0.25) is 0 Å². The summed E-state index contributed by atoms with van der Waals surface area (Å²) in [4.78, 5) is 0. The standard InChI is InChI=1S/C12H12BrFN2O/c13-9-5-8-7-15-16(12(8)10(14)6-9)11-3-1-2-4-17-11/h5-7,11H,1-4H2. The molecule has 1 aliphatic rings. The average molecular weight is 299 g/mol. The quantitative estimate of drug-likeness (QED) is 0.804. The molecule has 0 amide bonds. The summed E-state index contributed by atoms with van der Waals surface area (Å²) in [5, 5.41) is 5.05. The Morgan fingerprint density at radius 1 is 1.41 bits per heavy atom. The molecule has 0 N–H and O–H groups in total. The van der Waals surface area contributed by atoms with Crippen LogP contribution >= 0.6 is 15.9 Å². The van der Waals surface area contributed by atoms with Crippen LogP contribution in [0, 0.1) is 5.82 Å². The van der Waals surface area contributed by atoms with Crippen LogP contribution in [0.4, 0.5) is 4.39 Å². The predicted octanol–water partition coefficient (Wildman–Crippen LogP) is 3.64. The van der Waals surface area contributed by atoms with Crippen LogP contribution < -0.4 is 0 Å². The van der Waals surface area contributed by atoms with Crippen LogP contribution in [-0.4, -0.2) is 16.4 Å². The fraction of sp³-hybridized carbons (Fsp3) is 0.417. The second-order valence-electron chi connectivity index (χ2n) is 4.24. The highest BCUT2D eigenvalue weighted by Gasteiger charge is 2.20. The zero-order valence-electron chi connectivity index (χ0n) is 9.20. The van der Waals surface area contributed by atoms with E-state index in [-0.39, 0.29) is 12.0 Å². The Bertz CT molecular complexity index is 549. The molecule has 0 spiro atoms. The second-order valence-corrected chi connectivity index (χ2v) is 5.15. The Labute approximate surface area is 107 Å². The van der Waals surface area contributed by atoms with Crippen LogP contribution in [-0.2, 0) is 4.74 Å². The van der Waals surface area contributed by atoms with E-state index < -0.39 is 0 Å². The molecule has 2 aromatic rings. The molecule has 1 fully saturated rings. The van der Waals surface area contributed by atoms with Crippen molar-refractivity contribution in [1.29, 1.82) is 0 Å². The Balaban J connectivity index is 2.10. The highest BCUT2D eigenvalue weighted by atomic mass is 79.9. The van der Waals surface area contributed by atoms with Gasteiger partial charge in [-0.25, -0.2) is 9.07 Å². The van der Waals surface area contributed by atoms with Crippen molar-refractivity contribution in [2.24, 2.45) is 0 Å². The van der Waals surface area contributed by atoms with E-state index in [2.05, 4.69) is 21.0 Å². The lowest BCUT2D eigenvalue weighted by Gasteiger charge is -2.23. The summed E-state index contributed by atoms with van der Waals surface area (Å²) in [5.41, 5.74) is 0.528. The average Bonchev–Trinajstić information content (AvgIpc) is 2.74. The lowest BCUT2D eigenvalue weighted by Crippen LogP contribution is -2.19. The second kappa shape index (κ2) is 4.38. The van der Waals surface area contributed by atoms with Crippen LogP contribution in [0.15, 0.2) is 22.8 Å². The Morgan fingerprint density at radius 3 is 3.06 bits per heavy atom. The molecular weight excluding hydrogens is 287 g/mol. The smallest absolute Gasteiger partial charge is 0.150 e. The molecule has 17 heavy (non-hydrogen) atoms. The highest BCUT2D eigenvalue weighted by Crippen LogP contribution is 2.29. The summed E-state index contributed by atoms with van der Waals surface area (Å²) >= 11 is 3.28. The maximum Gasteiger partial charge on any atom is 0.150 e. The number of hydrogen-bond donors (Lipinski definition) is 0. The van der Waals surface area contributed by atoms with Crippen molar-refractivity contribution in [2.45, 2.75) is 25.5 Å². The maximum absolute atomic E-state index is 13.9. The molecule has 1 atom stereocenters.